The summed E-state index contributed by atoms with van der Waals surface area (Å²) < 4.78 is 14.5. The van der Waals surface area contributed by atoms with Crippen molar-refractivity contribution in [1.29, 1.82) is 0 Å². The van der Waals surface area contributed by atoms with Gasteiger partial charge in [-0.05, 0) is 13.3 Å². The van der Waals surface area contributed by atoms with Gasteiger partial charge in [0.1, 0.15) is 6.67 Å². The Bertz CT molecular complexity index is 506. The van der Waals surface area contributed by atoms with Crippen molar-refractivity contribution in [1.82, 2.24) is 14.7 Å². The molecule has 0 amide bonds. The first kappa shape index (κ1) is 16.0. The summed E-state index contributed by atoms with van der Waals surface area (Å²) in [4.78, 5) is 2.11. The molecule has 4 nitrogen and oxygen atoms in total. The highest BCUT2D eigenvalue weighted by molar-refractivity contribution is 5.15. The van der Waals surface area contributed by atoms with E-state index in [4.69, 9.17) is 5.73 Å². The molecular weight excluding hydrogens is 267 g/mol. The molecule has 2 rings (SSSR count). The Morgan fingerprint density at radius 3 is 2.81 bits per heavy atom. The highest BCUT2D eigenvalue weighted by Crippen LogP contribution is 2.32. The van der Waals surface area contributed by atoms with Gasteiger partial charge < -0.3 is 5.73 Å². The third-order valence-electron chi connectivity index (χ3n) is 3.97. The highest BCUT2D eigenvalue weighted by atomic mass is 19.1. The third-order valence-corrected chi connectivity index (χ3v) is 3.97. The topological polar surface area (TPSA) is 47.1 Å². The lowest BCUT2D eigenvalue weighted by atomic mass is 9.86. The first-order valence-electron chi connectivity index (χ1n) is 7.66. The SMILES string of the molecule is CCCC#CCC1(n2cc(C(C)N)cn2)CN(CCF)C1. The van der Waals surface area contributed by atoms with E-state index < -0.39 is 0 Å². The second-order valence-corrected chi connectivity index (χ2v) is 5.91. The minimum atomic E-state index is -0.304. The minimum Gasteiger partial charge on any atom is -0.324 e. The maximum atomic E-state index is 12.5. The first-order valence-corrected chi connectivity index (χ1v) is 7.66. The Hall–Kier alpha value is -1.38. The molecule has 0 spiro atoms. The summed E-state index contributed by atoms with van der Waals surface area (Å²) in [5, 5.41) is 4.47. The third kappa shape index (κ3) is 3.63. The number of hydrogen-bond donors (Lipinski definition) is 1. The molecule has 0 saturated carbocycles. The fraction of sp³-hybridized carbons (Fsp3) is 0.688. The van der Waals surface area contributed by atoms with E-state index in [2.05, 4.69) is 28.8 Å². The average molecular weight is 292 g/mol. The van der Waals surface area contributed by atoms with E-state index in [0.29, 0.717) is 6.54 Å². The van der Waals surface area contributed by atoms with Gasteiger partial charge in [0.25, 0.3) is 0 Å². The van der Waals surface area contributed by atoms with Gasteiger partial charge in [0.2, 0.25) is 0 Å². The van der Waals surface area contributed by atoms with E-state index in [9.17, 15) is 4.39 Å². The van der Waals surface area contributed by atoms with E-state index in [-0.39, 0.29) is 18.3 Å². The molecule has 1 unspecified atom stereocenters. The quantitative estimate of drug-likeness (QED) is 0.817. The second kappa shape index (κ2) is 7.06. The van der Waals surface area contributed by atoms with Gasteiger partial charge in [-0.15, -0.1) is 11.8 Å². The van der Waals surface area contributed by atoms with Gasteiger partial charge in [-0.3, -0.25) is 9.58 Å². The molecule has 1 aliphatic rings. The molecule has 1 aromatic rings. The Labute approximate surface area is 126 Å². The molecule has 1 aromatic heterocycles. The van der Waals surface area contributed by atoms with Crippen LogP contribution in [0.3, 0.4) is 0 Å². The molecule has 5 heteroatoms. The predicted molar refractivity (Wildman–Crippen MR) is 82.5 cm³/mol. The van der Waals surface area contributed by atoms with Gasteiger partial charge in [0, 0.05) is 50.3 Å². The Balaban J connectivity index is 2.11. The van der Waals surface area contributed by atoms with Crippen LogP contribution in [0.4, 0.5) is 4.39 Å². The van der Waals surface area contributed by atoms with Crippen molar-refractivity contribution in [3.8, 4) is 11.8 Å². The number of likely N-dealkylation sites (tertiary alicyclic amines) is 1. The highest BCUT2D eigenvalue weighted by Gasteiger charge is 2.44. The molecule has 1 aliphatic heterocycles. The number of alkyl halides is 1. The zero-order valence-electron chi connectivity index (χ0n) is 13.0. The number of unbranched alkanes of at least 4 members (excludes halogenated alkanes) is 1. The van der Waals surface area contributed by atoms with Crippen LogP contribution >= 0.6 is 0 Å². The van der Waals surface area contributed by atoms with E-state index in [1.54, 1.807) is 0 Å². The van der Waals surface area contributed by atoms with Crippen molar-refractivity contribution >= 4 is 0 Å². The monoisotopic (exact) mass is 292 g/mol. The van der Waals surface area contributed by atoms with Crippen molar-refractivity contribution in [3.05, 3.63) is 18.0 Å². The van der Waals surface area contributed by atoms with Crippen LogP contribution in [0.25, 0.3) is 0 Å². The van der Waals surface area contributed by atoms with Crippen LogP contribution < -0.4 is 5.73 Å². The number of aromatic nitrogens is 2. The molecule has 2 N–H and O–H groups in total. The molecule has 1 fully saturated rings. The molecule has 2 heterocycles. The lowest BCUT2D eigenvalue weighted by Crippen LogP contribution is -2.63. The van der Waals surface area contributed by atoms with Crippen LogP contribution in [0, 0.1) is 11.8 Å². The van der Waals surface area contributed by atoms with Crippen LogP contribution in [-0.2, 0) is 5.54 Å². The van der Waals surface area contributed by atoms with Crippen molar-refractivity contribution in [2.45, 2.75) is 44.7 Å². The summed E-state index contributed by atoms with van der Waals surface area (Å²) >= 11 is 0. The van der Waals surface area contributed by atoms with Gasteiger partial charge in [-0.2, -0.15) is 5.10 Å². The van der Waals surface area contributed by atoms with Crippen molar-refractivity contribution in [3.63, 3.8) is 0 Å². The zero-order chi connectivity index (χ0) is 15.3. The first-order chi connectivity index (χ1) is 10.1. The minimum absolute atomic E-state index is 0.0241. The van der Waals surface area contributed by atoms with Gasteiger partial charge in [-0.25, -0.2) is 4.39 Å². The summed E-state index contributed by atoms with van der Waals surface area (Å²) in [6.07, 6.45) is 6.59. The summed E-state index contributed by atoms with van der Waals surface area (Å²) in [6, 6.07) is -0.0241. The fourth-order valence-electron chi connectivity index (χ4n) is 2.67. The maximum absolute atomic E-state index is 12.5. The Kier molecular flexibility index (Phi) is 5.38. The number of halogens is 1. The molecule has 1 atom stereocenters. The Morgan fingerprint density at radius 2 is 2.24 bits per heavy atom. The molecular formula is C16H25FN4. The molecule has 0 bridgehead atoms. The van der Waals surface area contributed by atoms with E-state index in [1.165, 1.54) is 0 Å². The molecule has 116 valence electrons. The molecule has 0 aromatic carbocycles. The predicted octanol–water partition coefficient (Wildman–Crippen LogP) is 2.08. The standard InChI is InChI=1S/C16H25FN4/c1-3-4-5-6-7-16(12-20(13-16)9-8-17)21-11-15(10-19-21)14(2)18/h10-11,14H,3-4,7-9,12-13,18H2,1-2H3. The lowest BCUT2D eigenvalue weighted by molar-refractivity contribution is 0.00219. The normalized spacial score (nSPS) is 18.7. The summed E-state index contributed by atoms with van der Waals surface area (Å²) in [7, 11) is 0. The van der Waals surface area contributed by atoms with Gasteiger partial charge in [0.15, 0.2) is 0 Å². The van der Waals surface area contributed by atoms with Crippen LogP contribution in [0.15, 0.2) is 12.4 Å². The largest absolute Gasteiger partial charge is 0.324 e. The molecule has 21 heavy (non-hydrogen) atoms. The molecule has 0 radical (unpaired) electrons. The fourth-order valence-corrected chi connectivity index (χ4v) is 2.67. The Morgan fingerprint density at radius 1 is 1.48 bits per heavy atom. The van der Waals surface area contributed by atoms with E-state index in [1.807, 2.05) is 24.0 Å². The molecule has 0 aliphatic carbocycles. The second-order valence-electron chi connectivity index (χ2n) is 5.91. The number of nitrogens with two attached hydrogens (primary N) is 1. The van der Waals surface area contributed by atoms with E-state index in [0.717, 1.165) is 37.9 Å². The average Bonchev–Trinajstić information content (AvgIpc) is 2.90. The number of rotatable bonds is 6. The number of hydrogen-bond acceptors (Lipinski definition) is 3. The van der Waals surface area contributed by atoms with Crippen LogP contribution in [-0.4, -0.2) is 41.0 Å². The maximum Gasteiger partial charge on any atom is 0.102 e. The van der Waals surface area contributed by atoms with Crippen LogP contribution in [0.1, 0.15) is 44.7 Å². The van der Waals surface area contributed by atoms with Crippen molar-refractivity contribution < 1.29 is 4.39 Å². The van der Waals surface area contributed by atoms with Crippen LogP contribution in [0.2, 0.25) is 0 Å². The van der Waals surface area contributed by atoms with E-state index >= 15 is 0 Å². The van der Waals surface area contributed by atoms with Gasteiger partial charge in [0.05, 0.1) is 11.7 Å². The summed E-state index contributed by atoms with van der Waals surface area (Å²) in [6.45, 7) is 5.87. The summed E-state index contributed by atoms with van der Waals surface area (Å²) in [5.74, 6) is 6.46. The van der Waals surface area contributed by atoms with Crippen molar-refractivity contribution in [2.75, 3.05) is 26.3 Å². The lowest BCUT2D eigenvalue weighted by Gasteiger charge is -2.49. The van der Waals surface area contributed by atoms with Gasteiger partial charge >= 0.3 is 0 Å². The number of nitrogens with zero attached hydrogens (tertiary/aromatic N) is 3. The molecule has 1 saturated heterocycles. The van der Waals surface area contributed by atoms with Crippen LogP contribution in [0.5, 0.6) is 0 Å². The summed E-state index contributed by atoms with van der Waals surface area (Å²) in [5.41, 5.74) is 6.81. The zero-order valence-corrected chi connectivity index (χ0v) is 13.0. The van der Waals surface area contributed by atoms with Crippen molar-refractivity contribution in [2.24, 2.45) is 5.73 Å². The van der Waals surface area contributed by atoms with Gasteiger partial charge in [-0.1, -0.05) is 6.92 Å². The smallest absolute Gasteiger partial charge is 0.102 e.